The minimum atomic E-state index is -5.90. The normalized spacial score (nSPS) is 36.4. The van der Waals surface area contributed by atoms with Gasteiger partial charge in [0.1, 0.15) is 42.7 Å². The first-order valence-electron chi connectivity index (χ1n) is 9.96. The standard InChI is InChI=1S/C15H24N2O17P2.2Na/c18-3-5-8(20)10(22)12(24)14(32-5)33-36(28,29)34-35(26,27)30-4-6-9(21)11(23)13(31-6)17-2-1-7(19)16-15(17)25;;/h1-2,5-6,8-14,18,20-24H,3-4H2,(H,26,27)(H,28,29)(H,16,19,25);;/q;2*+1/p-2/t5-,6-,8-,9-,10+,11-,12-,13-,14-;;/m1../s1/i14+1;;. The van der Waals surface area contributed by atoms with E-state index in [0.717, 1.165) is 12.3 Å². The maximum Gasteiger partial charge on any atom is 1.00 e. The van der Waals surface area contributed by atoms with E-state index in [9.17, 15) is 54.0 Å². The van der Waals surface area contributed by atoms with Crippen LogP contribution in [0.1, 0.15) is 6.23 Å². The van der Waals surface area contributed by atoms with Crippen LogP contribution in [0, 0.1) is 0 Å². The van der Waals surface area contributed by atoms with E-state index in [4.69, 9.17) is 14.6 Å². The molecule has 1 aromatic rings. The third-order valence-electron chi connectivity index (χ3n) is 5.14. The van der Waals surface area contributed by atoms with Gasteiger partial charge in [0.05, 0.1) is 13.2 Å². The number of H-pyrrole nitrogens is 1. The average molecular weight is 611 g/mol. The Labute approximate surface area is 256 Å². The molecule has 0 amide bonds. The molecule has 2 saturated heterocycles. The third kappa shape index (κ3) is 8.81. The van der Waals surface area contributed by atoms with Crippen molar-refractivity contribution in [2.45, 2.75) is 55.2 Å². The van der Waals surface area contributed by atoms with Crippen molar-refractivity contribution in [1.29, 1.82) is 0 Å². The Morgan fingerprint density at radius 1 is 0.921 bits per heavy atom. The molecule has 1 aromatic heterocycles. The van der Waals surface area contributed by atoms with Crippen LogP contribution in [0.5, 0.6) is 0 Å². The summed E-state index contributed by atoms with van der Waals surface area (Å²) in [5.41, 5.74) is -1.78. The third-order valence-corrected chi connectivity index (χ3v) is 7.67. The van der Waals surface area contributed by atoms with Crippen LogP contribution in [0.2, 0.25) is 0 Å². The monoisotopic (exact) mass is 611 g/mol. The second-order valence-electron chi connectivity index (χ2n) is 7.64. The quantitative estimate of drug-likeness (QED) is 0.0774. The van der Waals surface area contributed by atoms with Crippen molar-refractivity contribution in [3.05, 3.63) is 33.1 Å². The van der Waals surface area contributed by atoms with E-state index in [1.165, 1.54) is 0 Å². The molecule has 0 saturated carbocycles. The molecule has 0 radical (unpaired) electrons. The number of aromatic amines is 1. The van der Waals surface area contributed by atoms with E-state index in [0.29, 0.717) is 4.57 Å². The summed E-state index contributed by atoms with van der Waals surface area (Å²) < 4.78 is 47.1. The minimum absolute atomic E-state index is 0. The van der Waals surface area contributed by atoms with Crippen molar-refractivity contribution in [3.8, 4) is 0 Å². The van der Waals surface area contributed by atoms with E-state index < -0.39 is 95.4 Å². The summed E-state index contributed by atoms with van der Waals surface area (Å²) in [6.45, 7) is -2.05. The molecule has 2 aliphatic rings. The predicted molar refractivity (Wildman–Crippen MR) is 104 cm³/mol. The number of nitrogens with one attached hydrogen (secondary N) is 1. The van der Waals surface area contributed by atoms with Crippen molar-refractivity contribution in [2.24, 2.45) is 0 Å². The van der Waals surface area contributed by atoms with E-state index in [2.05, 4.69) is 13.4 Å². The van der Waals surface area contributed by atoms with E-state index >= 15 is 0 Å². The van der Waals surface area contributed by atoms with Crippen LogP contribution >= 0.6 is 15.6 Å². The molecular formula is C15H22N2Na2O17P2. The topological polar surface area (TPSA) is 303 Å². The number of aliphatic hydroxyl groups is 6. The van der Waals surface area contributed by atoms with Gasteiger partial charge in [-0.1, -0.05) is 0 Å². The molecule has 0 aliphatic carbocycles. The largest absolute Gasteiger partial charge is 1.00 e. The molecule has 206 valence electrons. The zero-order chi connectivity index (χ0) is 27.0. The van der Waals surface area contributed by atoms with Gasteiger partial charge in [0.2, 0.25) is 0 Å². The molecule has 0 aromatic carbocycles. The van der Waals surface area contributed by atoms with Gasteiger partial charge in [0.15, 0.2) is 12.5 Å². The SMILES string of the molecule is O=c1ccn([C@@H]2O[C@H](COP(=O)([O-])OP(=O)([O-])O[13C@H]3O[C@H](CO)[C@@H](O)[C@H](O)[C@H]3O)[C@@H](O)[C@H]2O)c(=O)[nH]1.[Na+].[Na+]. The van der Waals surface area contributed by atoms with Gasteiger partial charge in [0, 0.05) is 12.3 Å². The van der Waals surface area contributed by atoms with E-state index in [1.54, 1.807) is 0 Å². The molecule has 2 aliphatic heterocycles. The number of aromatic nitrogens is 2. The Hall–Kier alpha value is 0.620. The molecule has 3 rings (SSSR count). The van der Waals surface area contributed by atoms with Gasteiger partial charge >= 0.3 is 64.8 Å². The molecule has 0 spiro atoms. The Morgan fingerprint density at radius 2 is 1.53 bits per heavy atom. The Balaban J connectivity index is 0.00000361. The van der Waals surface area contributed by atoms with Gasteiger partial charge in [-0.05, 0) is 0 Å². The molecule has 2 unspecified atom stereocenters. The number of aliphatic hydroxyl groups excluding tert-OH is 6. The summed E-state index contributed by atoms with van der Waals surface area (Å²) >= 11 is 0. The smallest absolute Gasteiger partial charge is 0.756 e. The van der Waals surface area contributed by atoms with Crippen LogP contribution in [0.3, 0.4) is 0 Å². The Kier molecular flexibility index (Phi) is 14.2. The first kappa shape index (κ1) is 36.6. The van der Waals surface area contributed by atoms with E-state index in [-0.39, 0.29) is 59.1 Å². The zero-order valence-corrected chi connectivity index (χ0v) is 25.6. The molecule has 38 heavy (non-hydrogen) atoms. The number of hydrogen-bond acceptors (Lipinski definition) is 17. The molecule has 11 atom stereocenters. The van der Waals surface area contributed by atoms with Crippen LogP contribution < -0.4 is 80.2 Å². The molecule has 0 bridgehead atoms. The first-order valence-corrected chi connectivity index (χ1v) is 12.9. The van der Waals surface area contributed by atoms with Crippen molar-refractivity contribution < 1.29 is 132 Å². The second-order valence-corrected chi connectivity index (χ2v) is 10.5. The van der Waals surface area contributed by atoms with Gasteiger partial charge < -0.3 is 54.4 Å². The maximum absolute atomic E-state index is 12.0. The number of hydrogen-bond donors (Lipinski definition) is 7. The maximum atomic E-state index is 12.0. The second kappa shape index (κ2) is 14.7. The first-order chi connectivity index (χ1) is 16.7. The number of rotatable bonds is 9. The van der Waals surface area contributed by atoms with Crippen LogP contribution in [0.25, 0.3) is 0 Å². The van der Waals surface area contributed by atoms with Crippen molar-refractivity contribution >= 4 is 15.6 Å². The zero-order valence-electron chi connectivity index (χ0n) is 19.8. The average Bonchev–Trinajstić information content (AvgIpc) is 3.06. The molecular weight excluding hydrogens is 589 g/mol. The fourth-order valence-electron chi connectivity index (χ4n) is 3.34. The number of ether oxygens (including phenoxy) is 2. The molecule has 3 heterocycles. The summed E-state index contributed by atoms with van der Waals surface area (Å²) in [5, 5.41) is 58.4. The summed E-state index contributed by atoms with van der Waals surface area (Å²) in [6.07, 6.45) is -15.8. The van der Waals surface area contributed by atoms with Crippen LogP contribution in [0.15, 0.2) is 21.9 Å². The molecule has 19 nitrogen and oxygen atoms in total. The van der Waals surface area contributed by atoms with Crippen molar-refractivity contribution in [2.75, 3.05) is 13.2 Å². The van der Waals surface area contributed by atoms with Crippen LogP contribution in [-0.2, 0) is 32.0 Å². The molecule has 23 heteroatoms. The molecule has 2 fully saturated rings. The molecule has 7 N–H and O–H groups in total. The van der Waals surface area contributed by atoms with Crippen molar-refractivity contribution in [1.82, 2.24) is 9.55 Å². The number of nitrogens with zero attached hydrogens (tertiary/aromatic N) is 1. The number of phosphoric ester groups is 2. The van der Waals surface area contributed by atoms with E-state index in [1.807, 2.05) is 4.98 Å². The van der Waals surface area contributed by atoms with Gasteiger partial charge in [0.25, 0.3) is 21.2 Å². The number of phosphoric acid groups is 2. The minimum Gasteiger partial charge on any atom is -0.756 e. The Morgan fingerprint density at radius 3 is 2.11 bits per heavy atom. The summed E-state index contributed by atoms with van der Waals surface area (Å²) in [4.78, 5) is 48.9. The fraction of sp³-hybridized carbons (Fsp3) is 0.733. The summed E-state index contributed by atoms with van der Waals surface area (Å²) in [6, 6.07) is 0.911. The summed E-state index contributed by atoms with van der Waals surface area (Å²) in [7, 11) is -11.7. The fourth-order valence-corrected chi connectivity index (χ4v) is 5.42. The van der Waals surface area contributed by atoms with Gasteiger partial charge in [-0.15, -0.1) is 0 Å². The summed E-state index contributed by atoms with van der Waals surface area (Å²) in [5.74, 6) is 0. The van der Waals surface area contributed by atoms with Crippen molar-refractivity contribution in [3.63, 3.8) is 0 Å². The van der Waals surface area contributed by atoms with Gasteiger partial charge in [-0.25, -0.2) is 9.11 Å². The van der Waals surface area contributed by atoms with Gasteiger partial charge in [-0.2, -0.15) is 0 Å². The van der Waals surface area contributed by atoms with Crippen LogP contribution in [0.4, 0.5) is 0 Å². The Bertz CT molecular complexity index is 1140. The predicted octanol–water partition coefficient (Wildman–Crippen LogP) is -12.0. The van der Waals surface area contributed by atoms with Gasteiger partial charge in [-0.3, -0.25) is 28.0 Å². The van der Waals surface area contributed by atoms with Crippen LogP contribution in [-0.4, -0.2) is 102 Å².